The van der Waals surface area contributed by atoms with Gasteiger partial charge in [-0.1, -0.05) is 89.3 Å². The summed E-state index contributed by atoms with van der Waals surface area (Å²) >= 11 is 5.40. The molecule has 0 radical (unpaired) electrons. The molecule has 2 aromatic rings. The van der Waals surface area contributed by atoms with Crippen molar-refractivity contribution in [1.82, 2.24) is 5.32 Å². The van der Waals surface area contributed by atoms with Gasteiger partial charge >= 0.3 is 0 Å². The number of nitrogens with one attached hydrogen (secondary N) is 1. The van der Waals surface area contributed by atoms with Crippen LogP contribution in [0.15, 0.2) is 59.2 Å². The molecule has 2 aromatic carbocycles. The van der Waals surface area contributed by atoms with E-state index in [-0.39, 0.29) is 9.49 Å². The summed E-state index contributed by atoms with van der Waals surface area (Å²) in [5.41, 5.74) is 3.00. The molecule has 1 aliphatic rings. The number of hydrogen-bond acceptors (Lipinski definition) is 1. The molecule has 0 bridgehead atoms. The maximum atomic E-state index is 14.4. The van der Waals surface area contributed by atoms with E-state index in [0.29, 0.717) is 16.6 Å². The van der Waals surface area contributed by atoms with Gasteiger partial charge in [-0.05, 0) is 29.7 Å². The molecule has 0 aliphatic carbocycles. The summed E-state index contributed by atoms with van der Waals surface area (Å²) in [7, 11) is 0. The molecule has 5 heteroatoms. The minimum absolute atomic E-state index is 0.0449. The maximum absolute atomic E-state index is 14.4. The van der Waals surface area contributed by atoms with Crippen LogP contribution in [0.4, 0.5) is 8.78 Å². The van der Waals surface area contributed by atoms with E-state index in [2.05, 4.69) is 50.4 Å². The zero-order chi connectivity index (χ0) is 18.6. The molecule has 132 valence electrons. The summed E-state index contributed by atoms with van der Waals surface area (Å²) in [5, 5.41) is 3.11. The second-order valence-electron chi connectivity index (χ2n) is 5.29. The summed E-state index contributed by atoms with van der Waals surface area (Å²) in [6, 6.07) is 12.2. The van der Waals surface area contributed by atoms with Gasteiger partial charge < -0.3 is 5.32 Å². The zero-order valence-electron chi connectivity index (χ0n) is 14.0. The average Bonchev–Trinajstić information content (AvgIpc) is 2.59. The van der Waals surface area contributed by atoms with Gasteiger partial charge in [0.05, 0.1) is 15.2 Å². The van der Waals surface area contributed by atoms with Gasteiger partial charge in [-0.25, -0.2) is 8.78 Å². The third-order valence-corrected chi connectivity index (χ3v) is 5.38. The molecule has 0 spiro atoms. The lowest BCUT2D eigenvalue weighted by Gasteiger charge is -2.28. The lowest BCUT2D eigenvalue weighted by Crippen LogP contribution is -2.26. The van der Waals surface area contributed by atoms with Crippen molar-refractivity contribution in [3.63, 3.8) is 0 Å². The first-order valence-corrected chi connectivity index (χ1v) is 10.0. The van der Waals surface area contributed by atoms with Crippen molar-refractivity contribution in [3.05, 3.63) is 82.0 Å². The van der Waals surface area contributed by atoms with Gasteiger partial charge in [0.25, 0.3) is 0 Å². The van der Waals surface area contributed by atoms with Crippen molar-refractivity contribution in [1.29, 1.82) is 0 Å². The molecule has 0 aromatic heterocycles. The van der Waals surface area contributed by atoms with Gasteiger partial charge in [0.2, 0.25) is 0 Å². The number of allylic oxidation sites excluding steroid dienone is 2. The Bertz CT molecular complexity index is 780. The van der Waals surface area contributed by atoms with E-state index in [1.807, 2.05) is 44.2 Å². The molecule has 1 nitrogen and oxygen atoms in total. The van der Waals surface area contributed by atoms with E-state index in [1.165, 1.54) is 12.1 Å². The van der Waals surface area contributed by atoms with Crippen LogP contribution in [0.25, 0.3) is 11.3 Å². The standard InChI is InChI=1S/C18H13BrF2IN.C2H6/c1-10-16(22)9-13(11-5-3-2-4-6-11)18(23-10)17-14(20)7-12(19)8-15(17)21;1-2/h2-8,16,23H,1,9H2;1-2H3. The second kappa shape index (κ2) is 8.94. The number of rotatable bonds is 2. The fourth-order valence-electron chi connectivity index (χ4n) is 2.61. The van der Waals surface area contributed by atoms with Crippen LogP contribution in [0.3, 0.4) is 0 Å². The minimum atomic E-state index is -0.604. The predicted molar refractivity (Wildman–Crippen MR) is 113 cm³/mol. The number of benzene rings is 2. The normalized spacial score (nSPS) is 16.9. The Hall–Kier alpha value is -1.21. The van der Waals surface area contributed by atoms with Gasteiger partial charge in [0.1, 0.15) is 11.6 Å². The Morgan fingerprint density at radius 3 is 2.24 bits per heavy atom. The fourth-order valence-corrected chi connectivity index (χ4v) is 3.61. The van der Waals surface area contributed by atoms with Crippen molar-refractivity contribution in [2.45, 2.75) is 24.2 Å². The number of hydrogen-bond donors (Lipinski definition) is 1. The van der Waals surface area contributed by atoms with E-state index >= 15 is 0 Å². The predicted octanol–water partition coefficient (Wildman–Crippen LogP) is 6.93. The molecule has 0 saturated carbocycles. The topological polar surface area (TPSA) is 12.0 Å². The molecule has 0 amide bonds. The van der Waals surface area contributed by atoms with Gasteiger partial charge in [0, 0.05) is 10.2 Å². The van der Waals surface area contributed by atoms with E-state index in [1.54, 1.807) is 0 Å². The van der Waals surface area contributed by atoms with Crippen LogP contribution in [-0.4, -0.2) is 3.92 Å². The highest BCUT2D eigenvalue weighted by Gasteiger charge is 2.27. The summed E-state index contributed by atoms with van der Waals surface area (Å²) in [5.74, 6) is -1.21. The van der Waals surface area contributed by atoms with Crippen LogP contribution in [0.5, 0.6) is 0 Å². The molecule has 1 N–H and O–H groups in total. The number of alkyl halides is 1. The SMILES string of the molecule is C=C1NC(c2c(F)cc(Br)cc2F)=C(c2ccccc2)CC1I.CC. The molecule has 25 heavy (non-hydrogen) atoms. The van der Waals surface area contributed by atoms with Gasteiger partial charge in [0.15, 0.2) is 0 Å². The molecule has 1 aliphatic heterocycles. The molecule has 1 unspecified atom stereocenters. The van der Waals surface area contributed by atoms with Crippen molar-refractivity contribution in [3.8, 4) is 0 Å². The first-order chi connectivity index (χ1) is 12.0. The van der Waals surface area contributed by atoms with E-state index < -0.39 is 11.6 Å². The summed E-state index contributed by atoms with van der Waals surface area (Å²) in [4.78, 5) is 0. The molecule has 3 rings (SSSR count). The third-order valence-electron chi connectivity index (χ3n) is 3.73. The zero-order valence-corrected chi connectivity index (χ0v) is 17.8. The lowest BCUT2D eigenvalue weighted by atomic mass is 9.91. The first kappa shape index (κ1) is 20.1. The van der Waals surface area contributed by atoms with Crippen LogP contribution in [0.2, 0.25) is 0 Å². The second-order valence-corrected chi connectivity index (χ2v) is 7.71. The Kier molecular flexibility index (Phi) is 7.19. The van der Waals surface area contributed by atoms with Gasteiger partial charge in [-0.3, -0.25) is 0 Å². The molecule has 1 heterocycles. The molecular weight excluding hydrogens is 499 g/mol. The van der Waals surface area contributed by atoms with E-state index in [9.17, 15) is 8.78 Å². The van der Waals surface area contributed by atoms with Crippen LogP contribution in [0, 0.1) is 11.6 Å². The van der Waals surface area contributed by atoms with E-state index in [4.69, 9.17) is 0 Å². The van der Waals surface area contributed by atoms with Gasteiger partial charge in [-0.2, -0.15) is 0 Å². The van der Waals surface area contributed by atoms with Crippen LogP contribution < -0.4 is 5.32 Å². The lowest BCUT2D eigenvalue weighted by molar-refractivity contribution is 0.573. The first-order valence-electron chi connectivity index (χ1n) is 8.00. The van der Waals surface area contributed by atoms with Crippen molar-refractivity contribution in [2.24, 2.45) is 0 Å². The number of halogens is 4. The average molecular weight is 518 g/mol. The highest BCUT2D eigenvalue weighted by Crippen LogP contribution is 2.38. The Morgan fingerprint density at radius 2 is 1.68 bits per heavy atom. The molecule has 1 atom stereocenters. The highest BCUT2D eigenvalue weighted by molar-refractivity contribution is 14.1. The van der Waals surface area contributed by atoms with Crippen molar-refractivity contribution >= 4 is 49.8 Å². The molecule has 0 fully saturated rings. The minimum Gasteiger partial charge on any atom is -0.358 e. The van der Waals surface area contributed by atoms with Crippen LogP contribution in [0.1, 0.15) is 31.4 Å². The van der Waals surface area contributed by atoms with Crippen molar-refractivity contribution in [2.75, 3.05) is 0 Å². The van der Waals surface area contributed by atoms with Crippen LogP contribution >= 0.6 is 38.5 Å². The Morgan fingerprint density at radius 1 is 1.12 bits per heavy atom. The Labute approximate surface area is 169 Å². The van der Waals surface area contributed by atoms with Crippen molar-refractivity contribution < 1.29 is 8.78 Å². The summed E-state index contributed by atoms with van der Waals surface area (Å²) < 4.78 is 29.4. The van der Waals surface area contributed by atoms with Crippen LogP contribution in [-0.2, 0) is 0 Å². The monoisotopic (exact) mass is 517 g/mol. The summed E-state index contributed by atoms with van der Waals surface area (Å²) in [6.07, 6.45) is 0.667. The smallest absolute Gasteiger partial charge is 0.136 e. The summed E-state index contributed by atoms with van der Waals surface area (Å²) in [6.45, 7) is 7.97. The quantitative estimate of drug-likeness (QED) is 0.336. The maximum Gasteiger partial charge on any atom is 0.136 e. The molecule has 0 saturated heterocycles. The molecular formula is C20H19BrF2IN. The Balaban J connectivity index is 0.00000109. The largest absolute Gasteiger partial charge is 0.358 e. The fraction of sp³-hybridized carbons (Fsp3) is 0.200. The van der Waals surface area contributed by atoms with Gasteiger partial charge in [-0.15, -0.1) is 0 Å². The highest BCUT2D eigenvalue weighted by atomic mass is 127. The van der Waals surface area contributed by atoms with E-state index in [0.717, 1.165) is 16.8 Å². The third kappa shape index (κ3) is 4.50.